The van der Waals surface area contributed by atoms with Crippen molar-refractivity contribution in [2.75, 3.05) is 0 Å². The van der Waals surface area contributed by atoms with Gasteiger partial charge in [-0.15, -0.1) is 22.7 Å². The van der Waals surface area contributed by atoms with Crippen LogP contribution in [0.15, 0.2) is 54.6 Å². The van der Waals surface area contributed by atoms with Gasteiger partial charge >= 0.3 is 0 Å². The fraction of sp³-hybridized carbons (Fsp3) is 0. The minimum Gasteiger partial charge on any atom is -0.236 e. The molecule has 0 aliphatic rings. The fourth-order valence-corrected chi connectivity index (χ4v) is 5.60. The van der Waals surface area contributed by atoms with Crippen molar-refractivity contribution in [2.45, 2.75) is 0 Å². The molecule has 0 unspecified atom stereocenters. The van der Waals surface area contributed by atoms with E-state index < -0.39 is 0 Å². The van der Waals surface area contributed by atoms with Gasteiger partial charge in [0.05, 0.1) is 10.2 Å². The predicted molar refractivity (Wildman–Crippen MR) is 108 cm³/mol. The Kier molecular flexibility index (Phi) is 3.32. The van der Waals surface area contributed by atoms with E-state index in [1.807, 2.05) is 36.4 Å². The Hall–Kier alpha value is -1.65. The lowest BCUT2D eigenvalue weighted by molar-refractivity contribution is 1.48. The fourth-order valence-electron chi connectivity index (χ4n) is 2.92. The molecule has 0 bridgehead atoms. The zero-order valence-electron chi connectivity index (χ0n) is 12.2. The van der Waals surface area contributed by atoms with E-state index in [4.69, 9.17) is 28.2 Å². The molecule has 0 amide bonds. The highest BCUT2D eigenvalue weighted by atomic mass is 35.5. The van der Waals surface area contributed by atoms with Crippen LogP contribution in [-0.2, 0) is 0 Å². The van der Waals surface area contributed by atoms with Crippen molar-refractivity contribution in [3.8, 4) is 10.6 Å². The number of nitrogens with zero attached hydrogens (tertiary/aromatic N) is 1. The minimum atomic E-state index is 0.737. The number of rotatable bonds is 1. The Bertz CT molecular complexity index is 1220. The van der Waals surface area contributed by atoms with E-state index >= 15 is 0 Å². The normalized spacial score (nSPS) is 11.8. The van der Waals surface area contributed by atoms with Crippen LogP contribution in [0.1, 0.15) is 0 Å². The number of thiophene rings is 1. The summed E-state index contributed by atoms with van der Waals surface area (Å²) in [6, 6.07) is 18.3. The van der Waals surface area contributed by atoms with Gasteiger partial charge in [0.1, 0.15) is 5.01 Å². The highest BCUT2D eigenvalue weighted by Crippen LogP contribution is 2.41. The summed E-state index contributed by atoms with van der Waals surface area (Å²) in [4.78, 5) is 4.82. The lowest BCUT2D eigenvalue weighted by Crippen LogP contribution is -1.75. The Morgan fingerprint density at radius 3 is 2.46 bits per heavy atom. The molecule has 3 aromatic carbocycles. The van der Waals surface area contributed by atoms with Crippen molar-refractivity contribution in [1.29, 1.82) is 0 Å². The molecule has 0 saturated carbocycles. The summed E-state index contributed by atoms with van der Waals surface area (Å²) in [6.45, 7) is 0. The van der Waals surface area contributed by atoms with Gasteiger partial charge in [-0.05, 0) is 36.4 Å². The van der Waals surface area contributed by atoms with E-state index in [2.05, 4.69) is 18.2 Å². The van der Waals surface area contributed by atoms with Gasteiger partial charge in [-0.3, -0.25) is 0 Å². The van der Waals surface area contributed by atoms with Gasteiger partial charge in [-0.1, -0.05) is 41.4 Å². The van der Waals surface area contributed by atoms with Gasteiger partial charge in [0, 0.05) is 35.8 Å². The SMILES string of the molecule is Clc1ccc(-c2nc3cc4c(cc3s2)sc2cccc(Cl)c24)cc1. The summed E-state index contributed by atoms with van der Waals surface area (Å²) in [5.74, 6) is 0. The molecule has 0 N–H and O–H groups in total. The average Bonchev–Trinajstić information content (AvgIpc) is 3.14. The van der Waals surface area contributed by atoms with Crippen molar-refractivity contribution in [3.05, 3.63) is 64.6 Å². The third-order valence-corrected chi connectivity index (χ3v) is 6.80. The van der Waals surface area contributed by atoms with E-state index in [0.29, 0.717) is 0 Å². The molecule has 1 nitrogen and oxygen atoms in total. The number of hydrogen-bond acceptors (Lipinski definition) is 3. The summed E-state index contributed by atoms with van der Waals surface area (Å²) in [5, 5.41) is 4.85. The molecule has 0 fully saturated rings. The summed E-state index contributed by atoms with van der Waals surface area (Å²) < 4.78 is 3.65. The molecule has 24 heavy (non-hydrogen) atoms. The highest BCUT2D eigenvalue weighted by molar-refractivity contribution is 7.26. The van der Waals surface area contributed by atoms with Crippen LogP contribution in [0.3, 0.4) is 0 Å². The van der Waals surface area contributed by atoms with Gasteiger partial charge in [0.25, 0.3) is 0 Å². The molecule has 5 aromatic rings. The van der Waals surface area contributed by atoms with Crippen molar-refractivity contribution in [1.82, 2.24) is 4.98 Å². The van der Waals surface area contributed by atoms with Gasteiger partial charge in [-0.25, -0.2) is 4.98 Å². The number of halogens is 2. The summed E-state index contributed by atoms with van der Waals surface area (Å²) >= 11 is 15.9. The average molecular weight is 386 g/mol. The van der Waals surface area contributed by atoms with Crippen molar-refractivity contribution in [3.63, 3.8) is 0 Å². The van der Waals surface area contributed by atoms with Crippen LogP contribution in [0, 0.1) is 0 Å². The second-order valence-electron chi connectivity index (χ2n) is 5.56. The molecule has 2 aromatic heterocycles. The number of thiazole rings is 1. The third kappa shape index (κ3) is 2.24. The number of benzene rings is 3. The first-order valence-corrected chi connectivity index (χ1v) is 9.75. The van der Waals surface area contributed by atoms with Crippen LogP contribution in [0.5, 0.6) is 0 Å². The van der Waals surface area contributed by atoms with Crippen LogP contribution in [-0.4, -0.2) is 4.98 Å². The first-order chi connectivity index (χ1) is 11.7. The number of aromatic nitrogens is 1. The Balaban J connectivity index is 1.78. The Morgan fingerprint density at radius 2 is 1.62 bits per heavy atom. The van der Waals surface area contributed by atoms with Crippen LogP contribution >= 0.6 is 45.9 Å². The maximum atomic E-state index is 6.42. The third-order valence-electron chi connectivity index (χ3n) is 4.05. The van der Waals surface area contributed by atoms with Crippen LogP contribution in [0.2, 0.25) is 10.0 Å². The zero-order valence-corrected chi connectivity index (χ0v) is 15.4. The minimum absolute atomic E-state index is 0.737. The van der Waals surface area contributed by atoms with Crippen LogP contribution in [0.4, 0.5) is 0 Å². The molecule has 0 saturated heterocycles. The first-order valence-electron chi connectivity index (χ1n) is 7.36. The van der Waals surface area contributed by atoms with Crippen molar-refractivity contribution >= 4 is 76.3 Å². The van der Waals surface area contributed by atoms with E-state index in [1.54, 1.807) is 22.7 Å². The number of hydrogen-bond donors (Lipinski definition) is 0. The molecule has 0 radical (unpaired) electrons. The summed E-state index contributed by atoms with van der Waals surface area (Å²) in [6.07, 6.45) is 0. The molecule has 0 aliphatic carbocycles. The van der Waals surface area contributed by atoms with Crippen LogP contribution < -0.4 is 0 Å². The Morgan fingerprint density at radius 1 is 0.792 bits per heavy atom. The van der Waals surface area contributed by atoms with E-state index in [1.165, 1.54) is 19.5 Å². The van der Waals surface area contributed by atoms with Crippen molar-refractivity contribution in [2.24, 2.45) is 0 Å². The summed E-state index contributed by atoms with van der Waals surface area (Å²) in [5.41, 5.74) is 2.10. The molecule has 5 rings (SSSR count). The van der Waals surface area contributed by atoms with Gasteiger partial charge in [-0.2, -0.15) is 0 Å². The molecule has 116 valence electrons. The van der Waals surface area contributed by atoms with Gasteiger partial charge in [0.2, 0.25) is 0 Å². The maximum absolute atomic E-state index is 6.42. The van der Waals surface area contributed by atoms with E-state index in [0.717, 1.165) is 31.5 Å². The predicted octanol–water partition coefficient (Wildman–Crippen LogP) is 7.64. The molecular formula is C19H9Cl2NS2. The zero-order chi connectivity index (χ0) is 16.3. The van der Waals surface area contributed by atoms with Gasteiger partial charge in [0.15, 0.2) is 0 Å². The molecule has 5 heteroatoms. The van der Waals surface area contributed by atoms with E-state index in [9.17, 15) is 0 Å². The summed E-state index contributed by atoms with van der Waals surface area (Å²) in [7, 11) is 0. The van der Waals surface area contributed by atoms with E-state index in [-0.39, 0.29) is 0 Å². The van der Waals surface area contributed by atoms with Crippen LogP contribution in [0.25, 0.3) is 41.0 Å². The largest absolute Gasteiger partial charge is 0.236 e. The second kappa shape index (κ2) is 5.43. The monoisotopic (exact) mass is 385 g/mol. The standard InChI is InChI=1S/C19H9Cl2NS2/c20-11-6-4-10(5-7-11)19-22-14-8-12-16(9-17(14)24-19)23-15-3-1-2-13(21)18(12)15/h1-9H. The molecule has 0 atom stereocenters. The lowest BCUT2D eigenvalue weighted by Gasteiger charge is -1.95. The van der Waals surface area contributed by atoms with Crippen molar-refractivity contribution < 1.29 is 0 Å². The molecule has 0 aliphatic heterocycles. The Labute approximate surface area is 156 Å². The smallest absolute Gasteiger partial charge is 0.124 e. The number of fused-ring (bicyclic) bond motifs is 4. The molecular weight excluding hydrogens is 377 g/mol. The molecule has 2 heterocycles. The van der Waals surface area contributed by atoms with Gasteiger partial charge < -0.3 is 0 Å². The highest BCUT2D eigenvalue weighted by Gasteiger charge is 2.12. The molecule has 0 spiro atoms. The quantitative estimate of drug-likeness (QED) is 0.288. The second-order valence-corrected chi connectivity index (χ2v) is 8.52. The first kappa shape index (κ1) is 14.7. The maximum Gasteiger partial charge on any atom is 0.124 e. The lowest BCUT2D eigenvalue weighted by atomic mass is 10.1. The topological polar surface area (TPSA) is 12.9 Å².